The van der Waals surface area contributed by atoms with E-state index in [4.69, 9.17) is 0 Å². The Kier molecular flexibility index (Phi) is 7.99. The van der Waals surface area contributed by atoms with Crippen LogP contribution in [0.25, 0.3) is 0 Å². The van der Waals surface area contributed by atoms with Crippen molar-refractivity contribution in [3.63, 3.8) is 0 Å². The molecule has 1 aromatic carbocycles. The van der Waals surface area contributed by atoms with Crippen LogP contribution < -0.4 is 5.32 Å². The van der Waals surface area contributed by atoms with E-state index in [1.165, 1.54) is 23.5 Å². The molecule has 0 aliphatic rings. The maximum absolute atomic E-state index is 3.58. The molecule has 1 N–H and O–H groups in total. The van der Waals surface area contributed by atoms with Gasteiger partial charge in [-0.1, -0.05) is 35.0 Å². The molecule has 0 bridgehead atoms. The minimum atomic E-state index is 0.558. The first kappa shape index (κ1) is 15.1. The van der Waals surface area contributed by atoms with Gasteiger partial charge in [-0.15, -0.1) is 0 Å². The summed E-state index contributed by atoms with van der Waals surface area (Å²) in [4.78, 5) is 0. The molecule has 0 radical (unpaired) electrons. The highest BCUT2D eigenvalue weighted by atomic mass is 79.9. The van der Waals surface area contributed by atoms with E-state index in [9.17, 15) is 0 Å². The van der Waals surface area contributed by atoms with Crippen LogP contribution in [0, 0.1) is 0 Å². The van der Waals surface area contributed by atoms with Crippen molar-refractivity contribution in [3.05, 3.63) is 34.3 Å². The molecule has 3 heteroatoms. The smallest absolute Gasteiger partial charge is 0.0175 e. The Morgan fingerprint density at radius 3 is 2.65 bits per heavy atom. The zero-order valence-electron chi connectivity index (χ0n) is 10.7. The molecule has 1 unspecified atom stereocenters. The fraction of sp³-hybridized carbons (Fsp3) is 0.571. The summed E-state index contributed by atoms with van der Waals surface area (Å²) in [7, 11) is 0. The van der Waals surface area contributed by atoms with Gasteiger partial charge in [-0.2, -0.15) is 11.8 Å². The van der Waals surface area contributed by atoms with Crippen LogP contribution in [0.2, 0.25) is 0 Å². The minimum absolute atomic E-state index is 0.558. The highest BCUT2D eigenvalue weighted by molar-refractivity contribution is 9.10. The van der Waals surface area contributed by atoms with Gasteiger partial charge in [0.15, 0.2) is 0 Å². The Balaban J connectivity index is 2.16. The maximum atomic E-state index is 3.58. The molecule has 96 valence electrons. The van der Waals surface area contributed by atoms with E-state index in [2.05, 4.69) is 59.4 Å². The molecular weight excluding hydrogens is 294 g/mol. The molecule has 1 aromatic rings. The summed E-state index contributed by atoms with van der Waals surface area (Å²) in [6.45, 7) is 5.61. The van der Waals surface area contributed by atoms with Gasteiger partial charge in [0.05, 0.1) is 0 Å². The minimum Gasteiger partial charge on any atom is -0.314 e. The molecule has 0 heterocycles. The van der Waals surface area contributed by atoms with E-state index >= 15 is 0 Å². The largest absolute Gasteiger partial charge is 0.314 e. The second-order valence-corrected chi connectivity index (χ2v) is 6.55. The highest BCUT2D eigenvalue weighted by Gasteiger charge is 2.02. The second-order valence-electron chi connectivity index (χ2n) is 4.24. The first-order valence-corrected chi connectivity index (χ1v) is 8.22. The monoisotopic (exact) mass is 315 g/mol. The summed E-state index contributed by atoms with van der Waals surface area (Å²) >= 11 is 5.48. The summed E-state index contributed by atoms with van der Waals surface area (Å²) in [5.41, 5.74) is 1.40. The zero-order valence-corrected chi connectivity index (χ0v) is 13.1. The van der Waals surface area contributed by atoms with Crippen molar-refractivity contribution in [1.82, 2.24) is 5.32 Å². The summed E-state index contributed by atoms with van der Waals surface area (Å²) in [6, 6.07) is 9.16. The molecule has 0 fully saturated rings. The molecule has 0 aromatic heterocycles. The number of hydrogen-bond acceptors (Lipinski definition) is 2. The van der Waals surface area contributed by atoms with Gasteiger partial charge in [0, 0.05) is 10.5 Å². The van der Waals surface area contributed by atoms with Crippen LogP contribution >= 0.6 is 27.7 Å². The Morgan fingerprint density at radius 2 is 2.00 bits per heavy atom. The third-order valence-electron chi connectivity index (χ3n) is 2.62. The summed E-state index contributed by atoms with van der Waals surface area (Å²) in [5.74, 6) is 2.50. The third kappa shape index (κ3) is 7.12. The van der Waals surface area contributed by atoms with Crippen molar-refractivity contribution in [3.8, 4) is 0 Å². The first-order chi connectivity index (χ1) is 8.22. The van der Waals surface area contributed by atoms with Crippen LogP contribution in [0.15, 0.2) is 28.7 Å². The van der Waals surface area contributed by atoms with E-state index in [1.54, 1.807) is 0 Å². The Labute approximate surface area is 118 Å². The zero-order chi connectivity index (χ0) is 12.5. The van der Waals surface area contributed by atoms with Gasteiger partial charge in [-0.3, -0.25) is 0 Å². The molecular formula is C14H22BrNS. The Morgan fingerprint density at radius 1 is 1.29 bits per heavy atom. The predicted molar refractivity (Wildman–Crippen MR) is 82.9 cm³/mol. The number of thioether (sulfide) groups is 1. The molecule has 0 aliphatic carbocycles. The van der Waals surface area contributed by atoms with Gasteiger partial charge in [0.1, 0.15) is 0 Å². The fourth-order valence-electron chi connectivity index (χ4n) is 1.71. The normalized spacial score (nSPS) is 12.6. The van der Waals surface area contributed by atoms with E-state index < -0.39 is 0 Å². The number of halogens is 1. The van der Waals surface area contributed by atoms with Gasteiger partial charge in [-0.25, -0.2) is 0 Å². The molecule has 1 rings (SSSR count). The van der Waals surface area contributed by atoms with Crippen molar-refractivity contribution >= 4 is 27.7 Å². The predicted octanol–water partition coefficient (Wildman–Crippen LogP) is 4.11. The Bertz CT molecular complexity index is 300. The van der Waals surface area contributed by atoms with Crippen molar-refractivity contribution < 1.29 is 0 Å². The average Bonchev–Trinajstić information content (AvgIpc) is 2.32. The number of rotatable bonds is 8. The lowest BCUT2D eigenvalue weighted by molar-refractivity contribution is 0.545. The quantitative estimate of drug-likeness (QED) is 0.724. The van der Waals surface area contributed by atoms with E-state index in [-0.39, 0.29) is 0 Å². The molecule has 0 aliphatic heterocycles. The Hall–Kier alpha value is 0.01000. The SMILES string of the molecule is CCSCCCNC(C)Cc1ccc(Br)cc1. The van der Waals surface area contributed by atoms with E-state index in [0.29, 0.717) is 6.04 Å². The summed E-state index contributed by atoms with van der Waals surface area (Å²) in [5, 5.41) is 3.58. The first-order valence-electron chi connectivity index (χ1n) is 6.28. The lowest BCUT2D eigenvalue weighted by Gasteiger charge is -2.13. The molecule has 0 amide bonds. The number of nitrogens with one attached hydrogen (secondary N) is 1. The summed E-state index contributed by atoms with van der Waals surface area (Å²) < 4.78 is 1.15. The average molecular weight is 316 g/mol. The van der Waals surface area contributed by atoms with Crippen LogP contribution in [0.1, 0.15) is 25.8 Å². The summed E-state index contributed by atoms with van der Waals surface area (Å²) in [6.07, 6.45) is 2.37. The lowest BCUT2D eigenvalue weighted by Crippen LogP contribution is -2.29. The van der Waals surface area contributed by atoms with Gasteiger partial charge < -0.3 is 5.32 Å². The van der Waals surface area contributed by atoms with Crippen LogP contribution in [-0.2, 0) is 6.42 Å². The molecule has 1 nitrogen and oxygen atoms in total. The molecule has 1 atom stereocenters. The van der Waals surface area contributed by atoms with E-state index in [1.807, 2.05) is 11.8 Å². The van der Waals surface area contributed by atoms with Gasteiger partial charge >= 0.3 is 0 Å². The second kappa shape index (κ2) is 9.01. The standard InChI is InChI=1S/C14H22BrNS/c1-3-17-10-4-9-16-12(2)11-13-5-7-14(15)8-6-13/h5-8,12,16H,3-4,9-11H2,1-2H3. The van der Waals surface area contributed by atoms with Gasteiger partial charge in [0.25, 0.3) is 0 Å². The van der Waals surface area contributed by atoms with Crippen molar-refractivity contribution in [2.75, 3.05) is 18.1 Å². The lowest BCUT2D eigenvalue weighted by atomic mass is 10.1. The number of hydrogen-bond donors (Lipinski definition) is 1. The van der Waals surface area contributed by atoms with Crippen molar-refractivity contribution in [2.45, 2.75) is 32.7 Å². The molecule has 17 heavy (non-hydrogen) atoms. The molecule has 0 spiro atoms. The topological polar surface area (TPSA) is 12.0 Å². The molecule has 0 saturated carbocycles. The number of benzene rings is 1. The fourth-order valence-corrected chi connectivity index (χ4v) is 2.61. The van der Waals surface area contributed by atoms with Crippen LogP contribution in [0.3, 0.4) is 0 Å². The van der Waals surface area contributed by atoms with Crippen LogP contribution in [0.4, 0.5) is 0 Å². The molecule has 0 saturated heterocycles. The van der Waals surface area contributed by atoms with Gasteiger partial charge in [0.2, 0.25) is 0 Å². The van der Waals surface area contributed by atoms with E-state index in [0.717, 1.165) is 17.4 Å². The van der Waals surface area contributed by atoms with Crippen molar-refractivity contribution in [1.29, 1.82) is 0 Å². The maximum Gasteiger partial charge on any atom is 0.0175 e. The highest BCUT2D eigenvalue weighted by Crippen LogP contribution is 2.11. The van der Waals surface area contributed by atoms with Gasteiger partial charge in [-0.05, 0) is 55.5 Å². The van der Waals surface area contributed by atoms with Crippen LogP contribution in [0.5, 0.6) is 0 Å². The third-order valence-corrected chi connectivity index (χ3v) is 4.13. The van der Waals surface area contributed by atoms with Crippen LogP contribution in [-0.4, -0.2) is 24.1 Å². The van der Waals surface area contributed by atoms with Crippen molar-refractivity contribution in [2.24, 2.45) is 0 Å².